The number of hydrogen-bond acceptors (Lipinski definition) is 4. The van der Waals surface area contributed by atoms with E-state index >= 15 is 0 Å². The number of anilines is 1. The Balaban J connectivity index is 1.86. The highest BCUT2D eigenvalue weighted by Crippen LogP contribution is 2.32. The molecule has 0 fully saturated rings. The normalized spacial score (nSPS) is 11.3. The highest BCUT2D eigenvalue weighted by atomic mass is 32.1. The van der Waals surface area contributed by atoms with E-state index in [4.69, 9.17) is 0 Å². The lowest BCUT2D eigenvalue weighted by Gasteiger charge is -2.09. The average Bonchev–Trinajstić information content (AvgIpc) is 3.09. The van der Waals surface area contributed by atoms with Crippen LogP contribution >= 0.6 is 11.3 Å². The maximum Gasteiger partial charge on any atom is 0.180 e. The monoisotopic (exact) mass is 294 g/mol. The number of H-pyrrole nitrogens is 1. The molecule has 0 atom stereocenters. The molecule has 21 heavy (non-hydrogen) atoms. The van der Waals surface area contributed by atoms with Crippen LogP contribution in [0.25, 0.3) is 32.0 Å². The Morgan fingerprint density at radius 2 is 1.90 bits per heavy atom. The van der Waals surface area contributed by atoms with Gasteiger partial charge in [0.2, 0.25) is 0 Å². The zero-order valence-electron chi connectivity index (χ0n) is 11.8. The number of pyridine rings is 1. The predicted octanol–water partition coefficient (Wildman–Crippen LogP) is 3.91. The third-order valence-corrected chi connectivity index (χ3v) is 4.57. The minimum absolute atomic E-state index is 0.758. The van der Waals surface area contributed by atoms with Crippen LogP contribution in [0.5, 0.6) is 0 Å². The van der Waals surface area contributed by atoms with Crippen LogP contribution in [0.3, 0.4) is 0 Å². The van der Waals surface area contributed by atoms with Gasteiger partial charge in [-0.15, -0.1) is 11.3 Å². The van der Waals surface area contributed by atoms with Crippen LogP contribution in [-0.2, 0) is 0 Å². The molecule has 0 saturated carbocycles. The van der Waals surface area contributed by atoms with Crippen molar-refractivity contribution in [2.24, 2.45) is 0 Å². The predicted molar refractivity (Wildman–Crippen MR) is 89.0 cm³/mol. The van der Waals surface area contributed by atoms with Gasteiger partial charge in [-0.25, -0.2) is 9.97 Å². The molecular weight excluding hydrogens is 280 g/mol. The minimum Gasteiger partial charge on any atom is -0.363 e. The van der Waals surface area contributed by atoms with Crippen molar-refractivity contribution in [1.29, 1.82) is 0 Å². The zero-order valence-corrected chi connectivity index (χ0v) is 12.6. The summed E-state index contributed by atoms with van der Waals surface area (Å²) in [7, 11) is 3.96. The first-order chi connectivity index (χ1) is 10.2. The van der Waals surface area contributed by atoms with Gasteiger partial charge < -0.3 is 9.88 Å². The van der Waals surface area contributed by atoms with Crippen molar-refractivity contribution in [3.05, 3.63) is 42.5 Å². The molecule has 3 aromatic heterocycles. The summed E-state index contributed by atoms with van der Waals surface area (Å²) in [6.45, 7) is 0. The minimum atomic E-state index is 0.758. The van der Waals surface area contributed by atoms with Crippen LogP contribution < -0.4 is 4.90 Å². The maximum atomic E-state index is 4.64. The van der Waals surface area contributed by atoms with E-state index in [0.29, 0.717) is 0 Å². The van der Waals surface area contributed by atoms with E-state index in [1.165, 1.54) is 10.1 Å². The number of hydrogen-bond donors (Lipinski definition) is 1. The van der Waals surface area contributed by atoms with Gasteiger partial charge in [0.25, 0.3) is 0 Å². The molecule has 5 heteroatoms. The van der Waals surface area contributed by atoms with E-state index in [-0.39, 0.29) is 0 Å². The van der Waals surface area contributed by atoms with Gasteiger partial charge in [-0.05, 0) is 29.7 Å². The molecule has 4 nitrogen and oxygen atoms in total. The SMILES string of the molecule is CN(C)c1ccc2[nH]c(-c3cc4ccccc4s3)nc2n1. The Morgan fingerprint density at radius 3 is 2.71 bits per heavy atom. The van der Waals surface area contributed by atoms with Crippen LogP contribution in [0.1, 0.15) is 0 Å². The van der Waals surface area contributed by atoms with Crippen LogP contribution in [0.15, 0.2) is 42.5 Å². The Labute approximate surface area is 126 Å². The molecule has 104 valence electrons. The lowest BCUT2D eigenvalue weighted by molar-refractivity contribution is 1.08. The van der Waals surface area contributed by atoms with Crippen LogP contribution in [0.4, 0.5) is 5.82 Å². The van der Waals surface area contributed by atoms with Gasteiger partial charge in [-0.2, -0.15) is 0 Å². The van der Waals surface area contributed by atoms with Gasteiger partial charge in [0.05, 0.1) is 10.4 Å². The number of benzene rings is 1. The summed E-state index contributed by atoms with van der Waals surface area (Å²) in [5.41, 5.74) is 1.72. The summed E-state index contributed by atoms with van der Waals surface area (Å²) < 4.78 is 1.27. The fourth-order valence-electron chi connectivity index (χ4n) is 2.35. The van der Waals surface area contributed by atoms with Gasteiger partial charge in [-0.3, -0.25) is 0 Å². The van der Waals surface area contributed by atoms with Crippen LogP contribution in [0, 0.1) is 0 Å². The number of fused-ring (bicyclic) bond motifs is 2. The van der Waals surface area contributed by atoms with Crippen molar-refractivity contribution >= 4 is 38.4 Å². The number of rotatable bonds is 2. The molecule has 0 aliphatic rings. The molecule has 0 amide bonds. The standard InChI is InChI=1S/C16H14N4S/c1-20(2)14-8-7-11-15(18-14)19-16(17-11)13-9-10-5-3-4-6-12(10)21-13/h3-9H,1-2H3,(H,17,18,19). The van der Waals surface area contributed by atoms with Gasteiger partial charge in [-0.1, -0.05) is 18.2 Å². The largest absolute Gasteiger partial charge is 0.363 e. The zero-order chi connectivity index (χ0) is 14.4. The molecule has 1 aromatic carbocycles. The van der Waals surface area contributed by atoms with Crippen molar-refractivity contribution in [3.63, 3.8) is 0 Å². The smallest absolute Gasteiger partial charge is 0.180 e. The first-order valence-electron chi connectivity index (χ1n) is 6.74. The molecule has 3 heterocycles. The fourth-order valence-corrected chi connectivity index (χ4v) is 3.35. The lowest BCUT2D eigenvalue weighted by Crippen LogP contribution is -2.10. The average molecular weight is 294 g/mol. The summed E-state index contributed by atoms with van der Waals surface area (Å²) in [5.74, 6) is 1.80. The highest BCUT2D eigenvalue weighted by Gasteiger charge is 2.10. The topological polar surface area (TPSA) is 44.8 Å². The van der Waals surface area contributed by atoms with E-state index in [9.17, 15) is 0 Å². The molecule has 0 unspecified atom stereocenters. The van der Waals surface area contributed by atoms with E-state index in [1.54, 1.807) is 11.3 Å². The second kappa shape index (κ2) is 4.56. The molecule has 4 rings (SSSR count). The third-order valence-electron chi connectivity index (χ3n) is 3.45. The quantitative estimate of drug-likeness (QED) is 0.609. The number of nitrogens with one attached hydrogen (secondary N) is 1. The summed E-state index contributed by atoms with van der Waals surface area (Å²) >= 11 is 1.74. The fraction of sp³-hybridized carbons (Fsp3) is 0.125. The first-order valence-corrected chi connectivity index (χ1v) is 7.55. The number of thiophene rings is 1. The maximum absolute atomic E-state index is 4.64. The Morgan fingerprint density at radius 1 is 1.05 bits per heavy atom. The van der Waals surface area contributed by atoms with E-state index < -0.39 is 0 Å². The summed E-state index contributed by atoms with van der Waals surface area (Å²) in [5, 5.41) is 1.25. The molecule has 4 aromatic rings. The summed E-state index contributed by atoms with van der Waals surface area (Å²) in [4.78, 5) is 15.7. The Bertz CT molecular complexity index is 903. The number of aromatic nitrogens is 3. The summed E-state index contributed by atoms with van der Waals surface area (Å²) in [6, 6.07) is 14.6. The highest BCUT2D eigenvalue weighted by molar-refractivity contribution is 7.22. The Kier molecular flexibility index (Phi) is 2.68. The number of imidazole rings is 1. The second-order valence-electron chi connectivity index (χ2n) is 5.17. The molecule has 0 spiro atoms. The summed E-state index contributed by atoms with van der Waals surface area (Å²) in [6.07, 6.45) is 0. The van der Waals surface area contributed by atoms with E-state index in [2.05, 4.69) is 45.3 Å². The lowest BCUT2D eigenvalue weighted by atomic mass is 10.2. The van der Waals surface area contributed by atoms with Crippen LogP contribution in [-0.4, -0.2) is 29.0 Å². The molecule has 0 aliphatic carbocycles. The molecule has 0 aliphatic heterocycles. The van der Waals surface area contributed by atoms with Gasteiger partial charge >= 0.3 is 0 Å². The van der Waals surface area contributed by atoms with Gasteiger partial charge in [0, 0.05) is 18.8 Å². The van der Waals surface area contributed by atoms with E-state index in [0.717, 1.165) is 27.7 Å². The number of aromatic amines is 1. The van der Waals surface area contributed by atoms with Crippen molar-refractivity contribution < 1.29 is 0 Å². The van der Waals surface area contributed by atoms with E-state index in [1.807, 2.05) is 31.1 Å². The molecule has 0 bridgehead atoms. The van der Waals surface area contributed by atoms with Gasteiger partial charge in [0.1, 0.15) is 5.82 Å². The Hall–Kier alpha value is -2.40. The van der Waals surface area contributed by atoms with Gasteiger partial charge in [0.15, 0.2) is 11.5 Å². The van der Waals surface area contributed by atoms with Crippen LogP contribution in [0.2, 0.25) is 0 Å². The van der Waals surface area contributed by atoms with Crippen molar-refractivity contribution in [2.45, 2.75) is 0 Å². The first kappa shape index (κ1) is 12.3. The number of nitrogens with zero attached hydrogens (tertiary/aromatic N) is 3. The molecule has 1 N–H and O–H groups in total. The molecular formula is C16H14N4S. The van der Waals surface area contributed by atoms with Crippen molar-refractivity contribution in [1.82, 2.24) is 15.0 Å². The van der Waals surface area contributed by atoms with Crippen molar-refractivity contribution in [2.75, 3.05) is 19.0 Å². The van der Waals surface area contributed by atoms with Crippen molar-refractivity contribution in [3.8, 4) is 10.7 Å². The molecule has 0 saturated heterocycles. The third kappa shape index (κ3) is 2.06. The molecule has 0 radical (unpaired) electrons. The second-order valence-corrected chi connectivity index (χ2v) is 6.25.